The average Bonchev–Trinajstić information content (AvgIpc) is 2.10. The Morgan fingerprint density at radius 2 is 2.40 bits per heavy atom. The third-order valence-corrected chi connectivity index (χ3v) is 1.75. The predicted octanol–water partition coefficient (Wildman–Crippen LogP) is -0.437. The van der Waals surface area contributed by atoms with Crippen LogP contribution in [0, 0.1) is 6.92 Å². The molecule has 4 atom stereocenters. The summed E-state index contributed by atoms with van der Waals surface area (Å²) in [7, 11) is 0. The largest absolute Gasteiger partial charge is 0.390 e. The first-order valence-corrected chi connectivity index (χ1v) is 3.46. The highest BCUT2D eigenvalue weighted by molar-refractivity contribution is 4.88. The minimum absolute atomic E-state index is 0.116. The van der Waals surface area contributed by atoms with E-state index in [0.29, 0.717) is 0 Å². The summed E-state index contributed by atoms with van der Waals surface area (Å²) in [5.74, 6) is 0. The smallest absolute Gasteiger partial charge is 0.0991 e. The van der Waals surface area contributed by atoms with Crippen LogP contribution >= 0.6 is 0 Å². The van der Waals surface area contributed by atoms with Gasteiger partial charge >= 0.3 is 0 Å². The van der Waals surface area contributed by atoms with Gasteiger partial charge in [-0.1, -0.05) is 0 Å². The zero-order valence-corrected chi connectivity index (χ0v) is 6.03. The van der Waals surface area contributed by atoms with Crippen molar-refractivity contribution in [2.75, 3.05) is 0 Å². The standard InChI is InChI=1S/C7H13NO2/c1-4-3-6(8)7(10-4)5(2)9/h2,4-7,9H,3,8H2,1H3/t4-,5?,6+,7+/m0/s1. The van der Waals surface area contributed by atoms with Gasteiger partial charge in [-0.05, 0) is 20.3 Å². The fraction of sp³-hybridized carbons (Fsp3) is 0.857. The molecule has 0 aromatic carbocycles. The lowest BCUT2D eigenvalue weighted by atomic mass is 10.1. The second kappa shape index (κ2) is 2.86. The first-order valence-electron chi connectivity index (χ1n) is 3.46. The van der Waals surface area contributed by atoms with Crippen molar-refractivity contribution in [3.05, 3.63) is 6.92 Å². The van der Waals surface area contributed by atoms with Gasteiger partial charge in [0.15, 0.2) is 0 Å². The molecule has 1 unspecified atom stereocenters. The van der Waals surface area contributed by atoms with E-state index >= 15 is 0 Å². The first-order chi connectivity index (χ1) is 4.61. The number of nitrogens with two attached hydrogens (primary N) is 1. The summed E-state index contributed by atoms with van der Waals surface area (Å²) in [4.78, 5) is 0. The molecule has 3 nitrogen and oxygen atoms in total. The van der Waals surface area contributed by atoms with E-state index < -0.39 is 6.10 Å². The zero-order valence-electron chi connectivity index (χ0n) is 6.03. The van der Waals surface area contributed by atoms with E-state index in [9.17, 15) is 0 Å². The van der Waals surface area contributed by atoms with Crippen LogP contribution in [-0.4, -0.2) is 29.5 Å². The molecule has 1 aliphatic heterocycles. The summed E-state index contributed by atoms with van der Waals surface area (Å²) in [6.07, 6.45) is -0.424. The molecule has 1 saturated heterocycles. The highest BCUT2D eigenvalue weighted by Crippen LogP contribution is 2.20. The number of aliphatic hydroxyl groups excluding tert-OH is 1. The van der Waals surface area contributed by atoms with Gasteiger partial charge in [-0.3, -0.25) is 0 Å². The molecule has 1 fully saturated rings. The molecule has 1 aliphatic rings. The van der Waals surface area contributed by atoms with Gasteiger partial charge < -0.3 is 15.6 Å². The Balaban J connectivity index is 2.46. The molecule has 0 amide bonds. The van der Waals surface area contributed by atoms with E-state index in [4.69, 9.17) is 22.5 Å². The first kappa shape index (κ1) is 7.98. The van der Waals surface area contributed by atoms with Crippen LogP contribution in [0.5, 0.6) is 0 Å². The molecule has 3 N–H and O–H groups in total. The molecule has 0 aliphatic carbocycles. The molecule has 1 heterocycles. The van der Waals surface area contributed by atoms with Crippen LogP contribution in [0.4, 0.5) is 0 Å². The predicted molar refractivity (Wildman–Crippen MR) is 37.2 cm³/mol. The summed E-state index contributed by atoms with van der Waals surface area (Å²) in [6, 6.07) is -0.116. The van der Waals surface area contributed by atoms with Gasteiger partial charge in [0.05, 0.1) is 18.3 Å². The van der Waals surface area contributed by atoms with Gasteiger partial charge in [0, 0.05) is 6.04 Å². The zero-order chi connectivity index (χ0) is 7.72. The molecule has 2 radical (unpaired) electrons. The Morgan fingerprint density at radius 3 is 2.60 bits per heavy atom. The second-order valence-electron chi connectivity index (χ2n) is 2.80. The van der Waals surface area contributed by atoms with Crippen molar-refractivity contribution in [2.24, 2.45) is 5.73 Å². The highest BCUT2D eigenvalue weighted by atomic mass is 16.5. The lowest BCUT2D eigenvalue weighted by molar-refractivity contribution is -0.0144. The average molecular weight is 143 g/mol. The maximum Gasteiger partial charge on any atom is 0.0991 e. The van der Waals surface area contributed by atoms with Crippen LogP contribution in [0.1, 0.15) is 13.3 Å². The van der Waals surface area contributed by atoms with Gasteiger partial charge in [0.25, 0.3) is 0 Å². The van der Waals surface area contributed by atoms with E-state index in [0.717, 1.165) is 6.42 Å². The van der Waals surface area contributed by atoms with Crippen LogP contribution in [0.25, 0.3) is 0 Å². The van der Waals surface area contributed by atoms with Crippen LogP contribution < -0.4 is 5.73 Å². The number of rotatable bonds is 1. The summed E-state index contributed by atoms with van der Waals surface area (Å²) in [5.41, 5.74) is 5.61. The van der Waals surface area contributed by atoms with Crippen LogP contribution in [0.3, 0.4) is 0 Å². The molecule has 1 rings (SSSR count). The summed E-state index contributed by atoms with van der Waals surface area (Å²) in [5, 5.41) is 8.91. The molecular weight excluding hydrogens is 130 g/mol. The molecule has 0 saturated carbocycles. The maximum atomic E-state index is 8.91. The molecule has 3 heteroatoms. The number of hydrogen-bond acceptors (Lipinski definition) is 3. The van der Waals surface area contributed by atoms with Gasteiger partial charge in [-0.2, -0.15) is 0 Å². The van der Waals surface area contributed by atoms with Crippen molar-refractivity contribution in [2.45, 2.75) is 37.7 Å². The van der Waals surface area contributed by atoms with Crippen molar-refractivity contribution in [3.63, 3.8) is 0 Å². The molecule has 10 heavy (non-hydrogen) atoms. The minimum atomic E-state index is -0.944. The van der Waals surface area contributed by atoms with Crippen molar-refractivity contribution in [1.29, 1.82) is 0 Å². The van der Waals surface area contributed by atoms with Crippen LogP contribution in [0.2, 0.25) is 0 Å². The third kappa shape index (κ3) is 1.48. The maximum absolute atomic E-state index is 8.91. The van der Waals surface area contributed by atoms with Crippen molar-refractivity contribution in [3.8, 4) is 0 Å². The molecule has 0 aromatic rings. The second-order valence-corrected chi connectivity index (χ2v) is 2.80. The SMILES string of the molecule is [CH]C(O)[C@H]1O[C@@H](C)C[C@H]1N. The number of aliphatic hydroxyl groups is 1. The topological polar surface area (TPSA) is 55.5 Å². The lowest BCUT2D eigenvalue weighted by Gasteiger charge is -2.16. The molecular formula is C7H13NO2. The molecule has 58 valence electrons. The Kier molecular flexibility index (Phi) is 2.28. The van der Waals surface area contributed by atoms with E-state index in [1.165, 1.54) is 0 Å². The highest BCUT2D eigenvalue weighted by Gasteiger charge is 2.33. The number of ether oxygens (including phenoxy) is 1. The Hall–Kier alpha value is -0.120. The monoisotopic (exact) mass is 143 g/mol. The van der Waals surface area contributed by atoms with E-state index in [-0.39, 0.29) is 18.2 Å². The van der Waals surface area contributed by atoms with Crippen molar-refractivity contribution in [1.82, 2.24) is 0 Å². The van der Waals surface area contributed by atoms with E-state index in [1.807, 2.05) is 6.92 Å². The van der Waals surface area contributed by atoms with Gasteiger partial charge in [-0.15, -0.1) is 0 Å². The molecule has 0 aromatic heterocycles. The van der Waals surface area contributed by atoms with Crippen molar-refractivity contribution < 1.29 is 9.84 Å². The lowest BCUT2D eigenvalue weighted by Crippen LogP contribution is -2.38. The fourth-order valence-corrected chi connectivity index (χ4v) is 1.28. The Morgan fingerprint density at radius 1 is 1.80 bits per heavy atom. The van der Waals surface area contributed by atoms with Crippen LogP contribution in [-0.2, 0) is 4.74 Å². The summed E-state index contributed by atoms with van der Waals surface area (Å²) < 4.78 is 5.23. The molecule has 0 bridgehead atoms. The van der Waals surface area contributed by atoms with Crippen LogP contribution in [0.15, 0.2) is 0 Å². The Bertz CT molecular complexity index is 116. The van der Waals surface area contributed by atoms with E-state index in [1.54, 1.807) is 0 Å². The van der Waals surface area contributed by atoms with Gasteiger partial charge in [0.2, 0.25) is 0 Å². The molecule has 0 spiro atoms. The summed E-state index contributed by atoms with van der Waals surface area (Å²) >= 11 is 0. The minimum Gasteiger partial charge on any atom is -0.390 e. The van der Waals surface area contributed by atoms with E-state index in [2.05, 4.69) is 0 Å². The van der Waals surface area contributed by atoms with Gasteiger partial charge in [-0.25, -0.2) is 0 Å². The van der Waals surface area contributed by atoms with Gasteiger partial charge in [0.1, 0.15) is 0 Å². The Labute approximate surface area is 61.2 Å². The number of hydrogen-bond donors (Lipinski definition) is 2. The fourth-order valence-electron chi connectivity index (χ4n) is 1.28. The summed E-state index contributed by atoms with van der Waals surface area (Å²) in [6.45, 7) is 7.12. The van der Waals surface area contributed by atoms with Crippen molar-refractivity contribution >= 4 is 0 Å². The quantitative estimate of drug-likeness (QED) is 0.523. The third-order valence-electron chi connectivity index (χ3n) is 1.75. The normalized spacial score (nSPS) is 43.8.